The molecule has 0 saturated carbocycles. The minimum atomic E-state index is -3.40. The van der Waals surface area contributed by atoms with Crippen molar-refractivity contribution in [1.29, 1.82) is 5.26 Å². The van der Waals surface area contributed by atoms with Crippen LogP contribution in [-0.4, -0.2) is 39.4 Å². The van der Waals surface area contributed by atoms with Crippen molar-refractivity contribution in [2.75, 3.05) is 26.7 Å². The molecule has 5 nitrogen and oxygen atoms in total. The highest BCUT2D eigenvalue weighted by molar-refractivity contribution is 7.89. The molecule has 1 fully saturated rings. The largest absolute Gasteiger partial charge is 0.319 e. The Labute approximate surface area is 126 Å². The zero-order valence-corrected chi connectivity index (χ0v) is 13.1. The second-order valence-electron chi connectivity index (χ2n) is 5.38. The minimum absolute atomic E-state index is 0.301. The van der Waals surface area contributed by atoms with E-state index >= 15 is 0 Å². The molecular weight excluding hydrogens is 286 g/mol. The summed E-state index contributed by atoms with van der Waals surface area (Å²) < 4.78 is 26.7. The molecule has 1 aliphatic rings. The zero-order chi connectivity index (χ0) is 15.3. The van der Waals surface area contributed by atoms with Crippen molar-refractivity contribution in [3.8, 4) is 6.07 Å². The van der Waals surface area contributed by atoms with Crippen LogP contribution < -0.4 is 5.32 Å². The molecule has 1 N–H and O–H groups in total. The van der Waals surface area contributed by atoms with Crippen molar-refractivity contribution in [3.63, 3.8) is 0 Å². The average molecular weight is 307 g/mol. The highest BCUT2D eigenvalue weighted by atomic mass is 32.2. The summed E-state index contributed by atoms with van der Waals surface area (Å²) in [5, 5.41) is 11.8. The number of hydrogen-bond acceptors (Lipinski definition) is 4. The first-order chi connectivity index (χ1) is 10.1. The van der Waals surface area contributed by atoms with Gasteiger partial charge in [0.05, 0.1) is 17.4 Å². The number of nitrogens with zero attached hydrogens (tertiary/aromatic N) is 2. The predicted molar refractivity (Wildman–Crippen MR) is 81.2 cm³/mol. The maximum Gasteiger partial charge on any atom is 0.243 e. The van der Waals surface area contributed by atoms with Crippen LogP contribution in [0.4, 0.5) is 0 Å². The van der Waals surface area contributed by atoms with Gasteiger partial charge in [-0.05, 0) is 50.0 Å². The van der Waals surface area contributed by atoms with Gasteiger partial charge in [0.2, 0.25) is 10.0 Å². The SMILES string of the molecule is CNCC1CCN(S(=O)(=O)c2ccc(CC#N)cc2)CC1. The first-order valence-electron chi connectivity index (χ1n) is 7.18. The van der Waals surface area contributed by atoms with Crippen molar-refractivity contribution in [2.24, 2.45) is 5.92 Å². The van der Waals surface area contributed by atoms with Crippen LogP contribution in [0.2, 0.25) is 0 Å². The van der Waals surface area contributed by atoms with Gasteiger partial charge in [0.25, 0.3) is 0 Å². The van der Waals surface area contributed by atoms with Crippen molar-refractivity contribution >= 4 is 10.0 Å². The quantitative estimate of drug-likeness (QED) is 0.892. The summed E-state index contributed by atoms with van der Waals surface area (Å²) in [4.78, 5) is 0.316. The Morgan fingerprint density at radius 3 is 2.43 bits per heavy atom. The molecule has 1 heterocycles. The van der Waals surface area contributed by atoms with Crippen molar-refractivity contribution < 1.29 is 8.42 Å². The molecule has 0 radical (unpaired) electrons. The van der Waals surface area contributed by atoms with E-state index in [2.05, 4.69) is 11.4 Å². The van der Waals surface area contributed by atoms with E-state index in [4.69, 9.17) is 5.26 Å². The molecule has 0 spiro atoms. The first kappa shape index (κ1) is 16.0. The number of piperidine rings is 1. The summed E-state index contributed by atoms with van der Waals surface area (Å²) in [6, 6.07) is 8.68. The molecule has 0 unspecified atom stereocenters. The van der Waals surface area contributed by atoms with Gasteiger partial charge in [-0.15, -0.1) is 0 Å². The summed E-state index contributed by atoms with van der Waals surface area (Å²) in [5.74, 6) is 0.555. The topological polar surface area (TPSA) is 73.2 Å². The van der Waals surface area contributed by atoms with Crippen LogP contribution in [0, 0.1) is 17.2 Å². The second kappa shape index (κ2) is 7.03. The van der Waals surface area contributed by atoms with Crippen LogP contribution in [0.5, 0.6) is 0 Å². The molecule has 1 aliphatic heterocycles. The van der Waals surface area contributed by atoms with E-state index in [9.17, 15) is 8.42 Å². The minimum Gasteiger partial charge on any atom is -0.319 e. The van der Waals surface area contributed by atoms with Crippen LogP contribution in [0.1, 0.15) is 18.4 Å². The zero-order valence-electron chi connectivity index (χ0n) is 12.2. The van der Waals surface area contributed by atoms with E-state index in [0.717, 1.165) is 24.9 Å². The molecule has 1 saturated heterocycles. The van der Waals surface area contributed by atoms with Crippen molar-refractivity contribution in [3.05, 3.63) is 29.8 Å². The van der Waals surface area contributed by atoms with Crippen LogP contribution in [-0.2, 0) is 16.4 Å². The maximum atomic E-state index is 12.6. The third-order valence-electron chi connectivity index (χ3n) is 3.91. The molecule has 1 aromatic rings. The molecule has 21 heavy (non-hydrogen) atoms. The van der Waals surface area contributed by atoms with Gasteiger partial charge in [0.15, 0.2) is 0 Å². The van der Waals surface area contributed by atoms with Crippen LogP contribution in [0.15, 0.2) is 29.2 Å². The number of rotatable bonds is 5. The summed E-state index contributed by atoms with van der Waals surface area (Å²) in [6.45, 7) is 2.10. The smallest absolute Gasteiger partial charge is 0.243 e. The Bertz CT molecular complexity index is 597. The standard InChI is InChI=1S/C15H21N3O2S/c1-17-12-14-7-10-18(11-8-14)21(19,20)15-4-2-13(3-5-15)6-9-16/h2-5,14,17H,6-8,10-12H2,1H3. The molecule has 0 amide bonds. The van der Waals surface area contributed by atoms with Crippen LogP contribution in [0.25, 0.3) is 0 Å². The lowest BCUT2D eigenvalue weighted by Crippen LogP contribution is -2.40. The van der Waals surface area contributed by atoms with Gasteiger partial charge in [-0.3, -0.25) is 0 Å². The molecule has 0 atom stereocenters. The first-order valence-corrected chi connectivity index (χ1v) is 8.62. The normalized spacial score (nSPS) is 17.5. The number of benzene rings is 1. The van der Waals surface area contributed by atoms with Gasteiger partial charge in [-0.2, -0.15) is 9.57 Å². The number of nitriles is 1. The van der Waals surface area contributed by atoms with Gasteiger partial charge in [0.1, 0.15) is 0 Å². The third-order valence-corrected chi connectivity index (χ3v) is 5.82. The molecule has 2 rings (SSSR count). The van der Waals surface area contributed by atoms with E-state index in [-0.39, 0.29) is 0 Å². The summed E-state index contributed by atoms with van der Waals surface area (Å²) in [7, 11) is -1.48. The van der Waals surface area contributed by atoms with Crippen molar-refractivity contribution in [2.45, 2.75) is 24.2 Å². The summed E-state index contributed by atoms with van der Waals surface area (Å²) in [6.07, 6.45) is 2.09. The van der Waals surface area contributed by atoms with Gasteiger partial charge >= 0.3 is 0 Å². The van der Waals surface area contributed by atoms with E-state index in [1.54, 1.807) is 28.6 Å². The maximum absolute atomic E-state index is 12.6. The molecule has 6 heteroatoms. The average Bonchev–Trinajstić information content (AvgIpc) is 2.49. The summed E-state index contributed by atoms with van der Waals surface area (Å²) in [5.41, 5.74) is 0.837. The van der Waals surface area contributed by atoms with Gasteiger partial charge < -0.3 is 5.32 Å². The molecule has 114 valence electrons. The fourth-order valence-electron chi connectivity index (χ4n) is 2.66. The third kappa shape index (κ3) is 3.82. The Morgan fingerprint density at radius 1 is 1.29 bits per heavy atom. The number of sulfonamides is 1. The summed E-state index contributed by atoms with van der Waals surface area (Å²) >= 11 is 0. The van der Waals surface area contributed by atoms with E-state index < -0.39 is 10.0 Å². The molecule has 0 aliphatic carbocycles. The van der Waals surface area contributed by atoms with Gasteiger partial charge in [-0.25, -0.2) is 8.42 Å². The Morgan fingerprint density at radius 2 is 1.90 bits per heavy atom. The predicted octanol–water partition coefficient (Wildman–Crippen LogP) is 1.37. The van der Waals surface area contributed by atoms with Gasteiger partial charge in [0, 0.05) is 13.1 Å². The van der Waals surface area contributed by atoms with Crippen LogP contribution in [0.3, 0.4) is 0 Å². The fraction of sp³-hybridized carbons (Fsp3) is 0.533. The Balaban J connectivity index is 2.07. The Kier molecular flexibility index (Phi) is 5.34. The fourth-order valence-corrected chi connectivity index (χ4v) is 4.13. The van der Waals surface area contributed by atoms with E-state index in [1.165, 1.54) is 0 Å². The lowest BCUT2D eigenvalue weighted by molar-refractivity contribution is 0.270. The highest BCUT2D eigenvalue weighted by Crippen LogP contribution is 2.23. The van der Waals surface area contributed by atoms with E-state index in [1.807, 2.05) is 7.05 Å². The second-order valence-corrected chi connectivity index (χ2v) is 7.32. The van der Waals surface area contributed by atoms with E-state index in [0.29, 0.717) is 30.3 Å². The molecular formula is C15H21N3O2S. The monoisotopic (exact) mass is 307 g/mol. The number of nitrogens with one attached hydrogen (secondary N) is 1. The number of hydrogen-bond donors (Lipinski definition) is 1. The lowest BCUT2D eigenvalue weighted by atomic mass is 9.98. The molecule has 1 aromatic carbocycles. The van der Waals surface area contributed by atoms with Gasteiger partial charge in [-0.1, -0.05) is 12.1 Å². The molecule has 0 aromatic heterocycles. The lowest BCUT2D eigenvalue weighted by Gasteiger charge is -2.31. The van der Waals surface area contributed by atoms with Crippen molar-refractivity contribution in [1.82, 2.24) is 9.62 Å². The van der Waals surface area contributed by atoms with Crippen LogP contribution >= 0.6 is 0 Å². The molecule has 0 bridgehead atoms. The Hall–Kier alpha value is -1.42. The highest BCUT2D eigenvalue weighted by Gasteiger charge is 2.28.